The van der Waals surface area contributed by atoms with E-state index in [1.807, 2.05) is 0 Å². The summed E-state index contributed by atoms with van der Waals surface area (Å²) in [5.74, 6) is 1.34. The highest BCUT2D eigenvalue weighted by molar-refractivity contribution is 5.89. The third-order valence-corrected chi connectivity index (χ3v) is 6.00. The van der Waals surface area contributed by atoms with Crippen LogP contribution in [0, 0.1) is 5.92 Å². The van der Waals surface area contributed by atoms with Gasteiger partial charge in [-0.3, -0.25) is 9.80 Å². The van der Waals surface area contributed by atoms with Crippen molar-refractivity contribution in [2.75, 3.05) is 43.0 Å². The van der Waals surface area contributed by atoms with E-state index in [-0.39, 0.29) is 24.1 Å². The molecular weight excluding hydrogens is 392 g/mol. The molecule has 1 aromatic heterocycles. The molecule has 4 rings (SSSR count). The number of anilines is 2. The molecule has 0 aliphatic carbocycles. The van der Waals surface area contributed by atoms with Gasteiger partial charge in [0.05, 0.1) is 12.1 Å². The number of amides is 1. The van der Waals surface area contributed by atoms with Gasteiger partial charge in [-0.05, 0) is 30.0 Å². The van der Waals surface area contributed by atoms with Gasteiger partial charge in [-0.25, -0.2) is 9.78 Å². The minimum Gasteiger partial charge on any atom is -0.447 e. The Bertz CT molecular complexity index is 882. The Morgan fingerprint density at radius 2 is 1.90 bits per heavy atom. The van der Waals surface area contributed by atoms with E-state index in [9.17, 15) is 4.79 Å². The topological polar surface area (TPSA) is 82.6 Å². The van der Waals surface area contributed by atoms with Crippen LogP contribution in [-0.4, -0.2) is 59.8 Å². The smallest absolute Gasteiger partial charge is 0.415 e. The zero-order chi connectivity index (χ0) is 21.8. The number of ether oxygens (including phenoxy) is 1. The van der Waals surface area contributed by atoms with Gasteiger partial charge < -0.3 is 15.4 Å². The fourth-order valence-corrected chi connectivity index (χ4v) is 4.06. The molecule has 0 bridgehead atoms. The third kappa shape index (κ3) is 5.14. The van der Waals surface area contributed by atoms with Gasteiger partial charge in [0, 0.05) is 38.9 Å². The van der Waals surface area contributed by atoms with Crippen LogP contribution in [0.25, 0.3) is 0 Å². The first-order valence-corrected chi connectivity index (χ1v) is 11.1. The van der Waals surface area contributed by atoms with Gasteiger partial charge in [0.15, 0.2) is 0 Å². The second kappa shape index (κ2) is 9.62. The molecule has 0 saturated carbocycles. The van der Waals surface area contributed by atoms with Gasteiger partial charge in [-0.1, -0.05) is 38.1 Å². The van der Waals surface area contributed by atoms with Crippen LogP contribution in [0.5, 0.6) is 0 Å². The maximum atomic E-state index is 12.2. The maximum absolute atomic E-state index is 12.2. The van der Waals surface area contributed by atoms with E-state index < -0.39 is 0 Å². The molecule has 3 heterocycles. The highest BCUT2D eigenvalue weighted by Crippen LogP contribution is 2.26. The molecule has 2 aliphatic heterocycles. The van der Waals surface area contributed by atoms with Crippen LogP contribution in [0.3, 0.4) is 0 Å². The van der Waals surface area contributed by atoms with E-state index in [1.165, 1.54) is 11.1 Å². The first-order chi connectivity index (χ1) is 15.0. The van der Waals surface area contributed by atoms with Crippen LogP contribution in [0.1, 0.15) is 37.9 Å². The molecule has 2 fully saturated rings. The number of rotatable bonds is 7. The maximum Gasteiger partial charge on any atom is 0.415 e. The Balaban J connectivity index is 1.41. The van der Waals surface area contributed by atoms with Crippen LogP contribution in [0.15, 0.2) is 36.5 Å². The van der Waals surface area contributed by atoms with Crippen molar-refractivity contribution in [2.45, 2.75) is 39.4 Å². The fraction of sp³-hybridized carbons (Fsp3) is 0.522. The van der Waals surface area contributed by atoms with Crippen molar-refractivity contribution >= 4 is 17.9 Å². The Morgan fingerprint density at radius 3 is 2.61 bits per heavy atom. The van der Waals surface area contributed by atoms with Crippen molar-refractivity contribution in [2.24, 2.45) is 5.92 Å². The standard InChI is InChI=1S/C23H32N6O2/c1-16(2)20-15-31-23(30)29(20)21-8-9-25-22(27-21)26-17(3)19-6-4-18(5-7-19)14-28-12-10-24-11-13-28/h4-9,16-17,20,24H,10-15H2,1-3H3,(H,25,26,27)/t17?,20-/m1/s1. The molecule has 2 aromatic rings. The first kappa shape index (κ1) is 21.5. The number of nitrogens with zero attached hydrogens (tertiary/aromatic N) is 4. The summed E-state index contributed by atoms with van der Waals surface area (Å²) < 4.78 is 5.25. The highest BCUT2D eigenvalue weighted by Gasteiger charge is 2.37. The number of hydrogen-bond donors (Lipinski definition) is 2. The minimum atomic E-state index is -0.350. The Hall–Kier alpha value is -2.71. The van der Waals surface area contributed by atoms with E-state index in [4.69, 9.17) is 4.74 Å². The Kier molecular flexibility index (Phi) is 6.67. The number of nitrogens with one attached hydrogen (secondary N) is 2. The molecule has 2 N–H and O–H groups in total. The lowest BCUT2D eigenvalue weighted by Crippen LogP contribution is -2.42. The van der Waals surface area contributed by atoms with Crippen LogP contribution in [0.2, 0.25) is 0 Å². The molecule has 0 spiro atoms. The lowest BCUT2D eigenvalue weighted by molar-refractivity contribution is 0.177. The van der Waals surface area contributed by atoms with Gasteiger partial charge in [-0.15, -0.1) is 0 Å². The van der Waals surface area contributed by atoms with E-state index in [0.29, 0.717) is 18.4 Å². The minimum absolute atomic E-state index is 0.0177. The molecule has 2 aliphatic rings. The van der Waals surface area contributed by atoms with Gasteiger partial charge in [0.1, 0.15) is 12.4 Å². The molecule has 1 amide bonds. The second-order valence-electron chi connectivity index (χ2n) is 8.63. The lowest BCUT2D eigenvalue weighted by atomic mass is 10.0. The Labute approximate surface area is 184 Å². The number of piperazine rings is 1. The number of benzene rings is 1. The molecule has 1 unspecified atom stereocenters. The number of carbonyl (C=O) groups excluding carboxylic acids is 1. The van der Waals surface area contributed by atoms with Crippen molar-refractivity contribution in [3.63, 3.8) is 0 Å². The van der Waals surface area contributed by atoms with Gasteiger partial charge in [0.2, 0.25) is 5.95 Å². The lowest BCUT2D eigenvalue weighted by Gasteiger charge is -2.27. The predicted molar refractivity (Wildman–Crippen MR) is 121 cm³/mol. The van der Waals surface area contributed by atoms with Crippen LogP contribution in [0.4, 0.5) is 16.6 Å². The molecule has 8 nitrogen and oxygen atoms in total. The normalized spacial score (nSPS) is 20.7. The quantitative estimate of drug-likeness (QED) is 0.707. The van der Waals surface area contributed by atoms with Crippen molar-refractivity contribution in [3.05, 3.63) is 47.7 Å². The average molecular weight is 425 g/mol. The number of cyclic esters (lactones) is 1. The van der Waals surface area contributed by atoms with Crippen molar-refractivity contribution in [1.29, 1.82) is 0 Å². The number of aromatic nitrogens is 2. The van der Waals surface area contributed by atoms with E-state index in [2.05, 4.69) is 70.5 Å². The summed E-state index contributed by atoms with van der Waals surface area (Å²) in [6.07, 6.45) is 1.33. The zero-order valence-electron chi connectivity index (χ0n) is 18.5. The molecule has 1 aromatic carbocycles. The SMILES string of the molecule is CC(Nc1nccc(N2C(=O)OC[C@@H]2C(C)C)n1)c1ccc(CN2CCNCC2)cc1. The highest BCUT2D eigenvalue weighted by atomic mass is 16.6. The van der Waals surface area contributed by atoms with Gasteiger partial charge >= 0.3 is 6.09 Å². The van der Waals surface area contributed by atoms with E-state index in [1.54, 1.807) is 17.2 Å². The van der Waals surface area contributed by atoms with Crippen molar-refractivity contribution in [1.82, 2.24) is 20.2 Å². The zero-order valence-corrected chi connectivity index (χ0v) is 18.5. The summed E-state index contributed by atoms with van der Waals surface area (Å²) in [7, 11) is 0. The first-order valence-electron chi connectivity index (χ1n) is 11.1. The molecule has 166 valence electrons. The molecule has 2 saturated heterocycles. The van der Waals surface area contributed by atoms with Gasteiger partial charge in [0.25, 0.3) is 0 Å². The second-order valence-corrected chi connectivity index (χ2v) is 8.63. The summed E-state index contributed by atoms with van der Waals surface area (Å²) in [5, 5.41) is 6.75. The number of hydrogen-bond acceptors (Lipinski definition) is 7. The monoisotopic (exact) mass is 424 g/mol. The van der Waals surface area contributed by atoms with Crippen molar-refractivity contribution < 1.29 is 9.53 Å². The average Bonchev–Trinajstić information content (AvgIpc) is 3.17. The summed E-state index contributed by atoms with van der Waals surface area (Å²) in [5.41, 5.74) is 2.49. The van der Waals surface area contributed by atoms with E-state index in [0.717, 1.165) is 32.7 Å². The molecule has 8 heteroatoms. The summed E-state index contributed by atoms with van der Waals surface area (Å²) in [6.45, 7) is 11.9. The largest absolute Gasteiger partial charge is 0.447 e. The number of carbonyl (C=O) groups is 1. The molecular formula is C23H32N6O2. The molecule has 0 radical (unpaired) electrons. The summed E-state index contributed by atoms with van der Waals surface area (Å²) in [4.78, 5) is 25.3. The molecule has 2 atom stereocenters. The van der Waals surface area contributed by atoms with Crippen LogP contribution in [-0.2, 0) is 11.3 Å². The Morgan fingerprint density at radius 1 is 1.16 bits per heavy atom. The van der Waals surface area contributed by atoms with Crippen molar-refractivity contribution in [3.8, 4) is 0 Å². The fourth-order valence-electron chi connectivity index (χ4n) is 4.06. The predicted octanol–water partition coefficient (Wildman–Crippen LogP) is 3.04. The summed E-state index contributed by atoms with van der Waals surface area (Å²) >= 11 is 0. The van der Waals surface area contributed by atoms with E-state index >= 15 is 0 Å². The summed E-state index contributed by atoms with van der Waals surface area (Å²) in [6, 6.07) is 10.5. The van der Waals surface area contributed by atoms with Crippen LogP contribution >= 0.6 is 0 Å². The van der Waals surface area contributed by atoms with Crippen LogP contribution < -0.4 is 15.5 Å². The van der Waals surface area contributed by atoms with Gasteiger partial charge in [-0.2, -0.15) is 4.98 Å². The third-order valence-electron chi connectivity index (χ3n) is 6.00. The molecule has 31 heavy (non-hydrogen) atoms.